The molecule has 1 heterocycles. The van der Waals surface area contributed by atoms with Crippen LogP contribution in [0.5, 0.6) is 0 Å². The first-order chi connectivity index (χ1) is 15.2. The Morgan fingerprint density at radius 3 is 2.23 bits per heavy atom. The fraction of sp³-hybridized carbons (Fsp3) is 0.0370. The zero-order valence-electron chi connectivity index (χ0n) is 16.7. The molecule has 0 bridgehead atoms. The summed E-state index contributed by atoms with van der Waals surface area (Å²) in [4.78, 5) is 26.1. The van der Waals surface area contributed by atoms with Crippen LogP contribution in [0.4, 0.5) is 5.69 Å². The Kier molecular flexibility index (Phi) is 4.81. The highest BCUT2D eigenvalue weighted by Crippen LogP contribution is 2.33. The van der Waals surface area contributed by atoms with Crippen molar-refractivity contribution in [3.05, 3.63) is 114 Å². The Balaban J connectivity index is 1.51. The normalized spacial score (nSPS) is 11.0. The molecule has 0 aliphatic rings. The highest BCUT2D eigenvalue weighted by atomic mass is 16.3. The van der Waals surface area contributed by atoms with Crippen molar-refractivity contribution in [1.29, 1.82) is 0 Å². The van der Waals surface area contributed by atoms with Gasteiger partial charge in [-0.15, -0.1) is 0 Å². The van der Waals surface area contributed by atoms with Gasteiger partial charge in [-0.1, -0.05) is 84.9 Å². The maximum atomic E-state index is 13.1. The molecule has 0 spiro atoms. The first kappa shape index (κ1) is 18.8. The summed E-state index contributed by atoms with van der Waals surface area (Å²) in [5.41, 5.74) is 2.40. The molecule has 1 aromatic heterocycles. The van der Waals surface area contributed by atoms with E-state index in [1.54, 1.807) is 30.3 Å². The van der Waals surface area contributed by atoms with Crippen LogP contribution in [0.2, 0.25) is 0 Å². The van der Waals surface area contributed by atoms with E-state index in [9.17, 15) is 9.59 Å². The van der Waals surface area contributed by atoms with Gasteiger partial charge in [0.2, 0.25) is 11.7 Å². The number of furan rings is 1. The Hall–Kier alpha value is -4.18. The van der Waals surface area contributed by atoms with E-state index in [0.717, 1.165) is 16.3 Å². The molecule has 5 aromatic rings. The number of anilines is 1. The molecule has 1 amide bonds. The average Bonchev–Trinajstić information content (AvgIpc) is 3.17. The van der Waals surface area contributed by atoms with E-state index in [0.29, 0.717) is 22.2 Å². The molecule has 0 fully saturated rings. The van der Waals surface area contributed by atoms with Crippen molar-refractivity contribution in [1.82, 2.24) is 0 Å². The smallest absolute Gasteiger partial charge is 0.230 e. The fourth-order valence-corrected chi connectivity index (χ4v) is 3.85. The zero-order valence-corrected chi connectivity index (χ0v) is 16.7. The van der Waals surface area contributed by atoms with Gasteiger partial charge in [0.1, 0.15) is 5.58 Å². The summed E-state index contributed by atoms with van der Waals surface area (Å²) in [7, 11) is 0. The summed E-state index contributed by atoms with van der Waals surface area (Å²) in [6, 6.07) is 30.1. The zero-order chi connectivity index (χ0) is 21.2. The molecule has 5 rings (SSSR count). The van der Waals surface area contributed by atoms with Crippen LogP contribution < -0.4 is 5.32 Å². The predicted octanol–water partition coefficient (Wildman–Crippen LogP) is 6.00. The number of hydrogen-bond acceptors (Lipinski definition) is 3. The topological polar surface area (TPSA) is 59.3 Å². The first-order valence-corrected chi connectivity index (χ1v) is 10.1. The summed E-state index contributed by atoms with van der Waals surface area (Å²) in [6.45, 7) is 0. The SMILES string of the molecule is O=C(Cc1cccc2ccccc12)Nc1c(C(=O)c2ccccc2)oc2ccccc12. The van der Waals surface area contributed by atoms with E-state index >= 15 is 0 Å². The Bertz CT molecular complexity index is 1410. The van der Waals surface area contributed by atoms with E-state index in [1.807, 2.05) is 66.7 Å². The molecule has 0 atom stereocenters. The van der Waals surface area contributed by atoms with E-state index in [2.05, 4.69) is 5.32 Å². The lowest BCUT2D eigenvalue weighted by Gasteiger charge is -2.08. The van der Waals surface area contributed by atoms with E-state index in [4.69, 9.17) is 4.42 Å². The Labute approximate surface area is 179 Å². The minimum Gasteiger partial charge on any atom is -0.450 e. The number of benzene rings is 4. The number of amides is 1. The van der Waals surface area contributed by atoms with Crippen LogP contribution in [0.3, 0.4) is 0 Å². The molecule has 1 N–H and O–H groups in total. The average molecular weight is 405 g/mol. The van der Waals surface area contributed by atoms with Gasteiger partial charge in [0, 0.05) is 10.9 Å². The molecular weight excluding hydrogens is 386 g/mol. The number of ketones is 1. The molecular formula is C27H19NO3. The lowest BCUT2D eigenvalue weighted by atomic mass is 10.0. The number of rotatable bonds is 5. The van der Waals surface area contributed by atoms with E-state index in [1.165, 1.54) is 0 Å². The summed E-state index contributed by atoms with van der Waals surface area (Å²) in [6.07, 6.45) is 0.194. The largest absolute Gasteiger partial charge is 0.450 e. The van der Waals surface area contributed by atoms with E-state index in [-0.39, 0.29) is 23.9 Å². The second-order valence-corrected chi connectivity index (χ2v) is 7.36. The van der Waals surface area contributed by atoms with Gasteiger partial charge >= 0.3 is 0 Å². The minimum atomic E-state index is -0.266. The molecule has 4 heteroatoms. The Morgan fingerprint density at radius 2 is 1.39 bits per heavy atom. The van der Waals surface area contributed by atoms with Gasteiger partial charge in [-0.25, -0.2) is 0 Å². The second kappa shape index (κ2) is 7.92. The number of para-hydroxylation sites is 1. The molecule has 31 heavy (non-hydrogen) atoms. The highest BCUT2D eigenvalue weighted by molar-refractivity contribution is 6.17. The van der Waals surface area contributed by atoms with Gasteiger partial charge in [-0.05, 0) is 28.5 Å². The summed E-state index contributed by atoms with van der Waals surface area (Å²) in [5, 5.41) is 5.77. The van der Waals surface area contributed by atoms with Crippen molar-refractivity contribution >= 4 is 39.1 Å². The summed E-state index contributed by atoms with van der Waals surface area (Å²) >= 11 is 0. The van der Waals surface area contributed by atoms with Gasteiger partial charge in [0.05, 0.1) is 12.1 Å². The van der Waals surface area contributed by atoms with Crippen molar-refractivity contribution in [2.24, 2.45) is 0 Å². The third-order valence-electron chi connectivity index (χ3n) is 5.33. The van der Waals surface area contributed by atoms with Crippen molar-refractivity contribution in [3.63, 3.8) is 0 Å². The lowest BCUT2D eigenvalue weighted by Crippen LogP contribution is -2.16. The lowest BCUT2D eigenvalue weighted by molar-refractivity contribution is -0.115. The quantitative estimate of drug-likeness (QED) is 0.365. The van der Waals surface area contributed by atoms with Gasteiger partial charge < -0.3 is 9.73 Å². The van der Waals surface area contributed by atoms with Gasteiger partial charge in [-0.3, -0.25) is 9.59 Å². The number of carbonyl (C=O) groups excluding carboxylic acids is 2. The predicted molar refractivity (Wildman–Crippen MR) is 122 cm³/mol. The molecule has 4 aromatic carbocycles. The first-order valence-electron chi connectivity index (χ1n) is 10.1. The second-order valence-electron chi connectivity index (χ2n) is 7.36. The van der Waals surface area contributed by atoms with Crippen molar-refractivity contribution in [2.45, 2.75) is 6.42 Å². The number of carbonyl (C=O) groups is 2. The van der Waals surface area contributed by atoms with Crippen LogP contribution in [0.15, 0.2) is 101 Å². The monoisotopic (exact) mass is 405 g/mol. The van der Waals surface area contributed by atoms with Crippen LogP contribution in [-0.4, -0.2) is 11.7 Å². The number of hydrogen-bond donors (Lipinski definition) is 1. The molecule has 0 radical (unpaired) electrons. The third kappa shape index (κ3) is 3.60. The van der Waals surface area contributed by atoms with Gasteiger partial charge in [0.25, 0.3) is 0 Å². The van der Waals surface area contributed by atoms with E-state index < -0.39 is 0 Å². The van der Waals surface area contributed by atoms with Crippen molar-refractivity contribution in [2.75, 3.05) is 5.32 Å². The minimum absolute atomic E-state index is 0.138. The van der Waals surface area contributed by atoms with Crippen LogP contribution in [0, 0.1) is 0 Å². The van der Waals surface area contributed by atoms with Gasteiger partial charge in [0.15, 0.2) is 5.76 Å². The van der Waals surface area contributed by atoms with Crippen LogP contribution in [0.25, 0.3) is 21.7 Å². The number of fused-ring (bicyclic) bond motifs is 2. The summed E-state index contributed by atoms with van der Waals surface area (Å²) in [5.74, 6) is -0.332. The Morgan fingerprint density at radius 1 is 0.710 bits per heavy atom. The number of nitrogens with one attached hydrogen (secondary N) is 1. The van der Waals surface area contributed by atoms with Crippen LogP contribution >= 0.6 is 0 Å². The summed E-state index contributed by atoms with van der Waals surface area (Å²) < 4.78 is 5.87. The van der Waals surface area contributed by atoms with Gasteiger partial charge in [-0.2, -0.15) is 0 Å². The maximum Gasteiger partial charge on any atom is 0.230 e. The highest BCUT2D eigenvalue weighted by Gasteiger charge is 2.23. The van der Waals surface area contributed by atoms with Crippen molar-refractivity contribution in [3.8, 4) is 0 Å². The van der Waals surface area contributed by atoms with Crippen LogP contribution in [0.1, 0.15) is 21.7 Å². The van der Waals surface area contributed by atoms with Crippen LogP contribution in [-0.2, 0) is 11.2 Å². The maximum absolute atomic E-state index is 13.1. The third-order valence-corrected chi connectivity index (χ3v) is 5.33. The molecule has 0 saturated carbocycles. The molecule has 4 nitrogen and oxygen atoms in total. The fourth-order valence-electron chi connectivity index (χ4n) is 3.85. The molecule has 0 aliphatic carbocycles. The standard InChI is InChI=1S/C27H19NO3/c29-24(17-20-13-8-12-18-9-4-5-14-21(18)20)28-25-22-15-6-7-16-23(22)31-27(25)26(30)19-10-2-1-3-11-19/h1-16H,17H2,(H,28,29). The molecule has 150 valence electrons. The molecule has 0 aliphatic heterocycles. The van der Waals surface area contributed by atoms with Crippen molar-refractivity contribution < 1.29 is 14.0 Å². The molecule has 0 unspecified atom stereocenters. The molecule has 0 saturated heterocycles.